The molecule has 0 saturated heterocycles. The molecule has 1 fully saturated rings. The quantitative estimate of drug-likeness (QED) is 0.505. The van der Waals surface area contributed by atoms with E-state index in [-0.39, 0.29) is 6.40 Å². The summed E-state index contributed by atoms with van der Waals surface area (Å²) in [6.07, 6.45) is 1.87. The van der Waals surface area contributed by atoms with E-state index in [9.17, 15) is 0 Å². The van der Waals surface area contributed by atoms with Gasteiger partial charge >= 0.3 is 0 Å². The molecule has 0 spiro atoms. The summed E-state index contributed by atoms with van der Waals surface area (Å²) < 4.78 is 30.3. The van der Waals surface area contributed by atoms with Crippen LogP contribution in [0.15, 0.2) is 12.1 Å². The molecule has 15 heavy (non-hydrogen) atoms. The molecule has 2 aliphatic carbocycles. The van der Waals surface area contributed by atoms with Crippen LogP contribution in [0.2, 0.25) is 0 Å². The summed E-state index contributed by atoms with van der Waals surface area (Å²) in [5.74, 6) is 0.960. The fraction of sp³-hybridized carbons (Fsp3) is 0.867. The van der Waals surface area contributed by atoms with Crippen molar-refractivity contribution in [2.45, 2.75) is 53.9 Å². The van der Waals surface area contributed by atoms with Gasteiger partial charge in [0.1, 0.15) is 0 Å². The second-order valence-corrected chi connectivity index (χ2v) is 5.35. The molecule has 0 nitrogen and oxygen atoms in total. The first-order chi connectivity index (χ1) is 8.59. The highest BCUT2D eigenvalue weighted by Gasteiger charge is 2.24. The fourth-order valence-corrected chi connectivity index (χ4v) is 2.36. The Morgan fingerprint density at radius 2 is 1.60 bits per heavy atom. The van der Waals surface area contributed by atoms with Gasteiger partial charge in [0, 0.05) is 2.74 Å². The lowest BCUT2D eigenvalue weighted by Gasteiger charge is -2.04. The molecule has 0 aromatic heterocycles. The van der Waals surface area contributed by atoms with Crippen molar-refractivity contribution in [1.29, 1.82) is 0 Å². The minimum absolute atomic E-state index is 0.178. The van der Waals surface area contributed by atoms with Crippen LogP contribution in [0.3, 0.4) is 0 Å². The molecule has 0 heteroatoms. The van der Waals surface area contributed by atoms with Crippen molar-refractivity contribution in [2.75, 3.05) is 0 Å². The molecule has 0 N–H and O–H groups in total. The molecule has 6 unspecified atom stereocenters. The Balaban J connectivity index is 0.000000191. The minimum Gasteiger partial charge on any atom is -0.0854 e. The molecule has 0 aliphatic heterocycles. The molecular weight excluding hydrogens is 180 g/mol. The summed E-state index contributed by atoms with van der Waals surface area (Å²) in [4.78, 5) is 0. The molecular formula is C15H28. The van der Waals surface area contributed by atoms with E-state index in [0.717, 1.165) is 12.8 Å². The maximum absolute atomic E-state index is 7.84. The van der Waals surface area contributed by atoms with Gasteiger partial charge in [-0.3, -0.25) is 0 Å². The molecule has 6 atom stereocenters. The van der Waals surface area contributed by atoms with Crippen molar-refractivity contribution >= 4 is 0 Å². The van der Waals surface area contributed by atoms with E-state index < -0.39 is 5.89 Å². The van der Waals surface area contributed by atoms with E-state index in [4.69, 9.17) is 5.48 Å². The molecule has 0 aromatic carbocycles. The number of allylic oxidation sites excluding steroid dienone is 2. The highest BCUT2D eigenvalue weighted by Crippen LogP contribution is 2.34. The standard InChI is InChI=1S/C8H16.C7H12/c1-6-4-7(2)8(3)5-6;1-6-3-4-7(2)5-6/h6-8H,4-5H2,1-3H3;3-4,6-7H,5H2,1-2H3/i4T,7T;3T,4T. The van der Waals surface area contributed by atoms with Gasteiger partial charge in [-0.2, -0.15) is 0 Å². The van der Waals surface area contributed by atoms with Crippen molar-refractivity contribution in [3.05, 3.63) is 12.1 Å². The summed E-state index contributed by atoms with van der Waals surface area (Å²) in [7, 11) is 0. The first-order valence-corrected chi connectivity index (χ1v) is 6.18. The second-order valence-electron chi connectivity index (χ2n) is 5.35. The van der Waals surface area contributed by atoms with Crippen LogP contribution in [-0.4, -0.2) is 0 Å². The molecule has 88 valence electrons. The van der Waals surface area contributed by atoms with Crippen molar-refractivity contribution < 1.29 is 5.48 Å². The lowest BCUT2D eigenvalue weighted by atomic mass is 10.0. The number of hydrogen-bond donors (Lipinski definition) is 0. The van der Waals surface area contributed by atoms with Crippen LogP contribution < -0.4 is 0 Å². The van der Waals surface area contributed by atoms with Gasteiger partial charge < -0.3 is 0 Å². The van der Waals surface area contributed by atoms with Crippen LogP contribution >= 0.6 is 0 Å². The van der Waals surface area contributed by atoms with E-state index in [1.807, 2.05) is 20.8 Å². The predicted molar refractivity (Wildman–Crippen MR) is 68.8 cm³/mol. The molecule has 0 aromatic rings. The normalized spacial score (nSPS) is 58.9. The van der Waals surface area contributed by atoms with Crippen LogP contribution in [-0.2, 0) is 0 Å². The Bertz CT molecular complexity index is 332. The van der Waals surface area contributed by atoms with Crippen molar-refractivity contribution in [3.8, 4) is 0 Å². The van der Waals surface area contributed by atoms with Gasteiger partial charge in [0.2, 0.25) is 0 Å². The molecule has 0 amide bonds. The first kappa shape index (κ1) is 7.92. The molecule has 0 bridgehead atoms. The Morgan fingerprint density at radius 1 is 1.07 bits per heavy atom. The van der Waals surface area contributed by atoms with Gasteiger partial charge in [-0.15, -0.1) is 0 Å². The summed E-state index contributed by atoms with van der Waals surface area (Å²) in [5.41, 5.74) is 0. The van der Waals surface area contributed by atoms with Crippen molar-refractivity contribution in [3.63, 3.8) is 0 Å². The summed E-state index contributed by atoms with van der Waals surface area (Å²) >= 11 is 0. The van der Waals surface area contributed by atoms with Crippen LogP contribution in [0.1, 0.15) is 59.3 Å². The van der Waals surface area contributed by atoms with E-state index in [1.165, 1.54) is 0 Å². The zero-order valence-corrected chi connectivity index (χ0v) is 10.8. The van der Waals surface area contributed by atoms with Gasteiger partial charge in [0.25, 0.3) is 0 Å². The lowest BCUT2D eigenvalue weighted by molar-refractivity contribution is 0.457. The highest BCUT2D eigenvalue weighted by molar-refractivity contribution is 4.98. The van der Waals surface area contributed by atoms with Crippen molar-refractivity contribution in [1.82, 2.24) is 0 Å². The Morgan fingerprint density at radius 3 is 1.73 bits per heavy atom. The Labute approximate surface area is 102 Å². The average molecular weight is 216 g/mol. The van der Waals surface area contributed by atoms with Gasteiger partial charge in [0.05, 0.1) is 2.74 Å². The van der Waals surface area contributed by atoms with E-state index >= 15 is 0 Å². The SMILES string of the molecule is [3H]C1=C([3H])C(C)CC1C.[3H]C1C(C)CC(C)C1([3H])C. The van der Waals surface area contributed by atoms with Crippen LogP contribution in [0.4, 0.5) is 0 Å². The summed E-state index contributed by atoms with van der Waals surface area (Å²) in [6.45, 7) is 10.1. The maximum atomic E-state index is 7.84. The third-order valence-corrected chi connectivity index (χ3v) is 3.33. The molecule has 1 saturated carbocycles. The van der Waals surface area contributed by atoms with Gasteiger partial charge in [0.15, 0.2) is 0 Å². The van der Waals surface area contributed by atoms with E-state index in [0.29, 0.717) is 35.8 Å². The third kappa shape index (κ3) is 4.40. The maximum Gasteiger partial charge on any atom is 0.0575 e. The zero-order chi connectivity index (χ0) is 15.0. The number of hydrogen-bond acceptors (Lipinski definition) is 0. The Kier molecular flexibility index (Phi) is 3.02. The van der Waals surface area contributed by atoms with E-state index in [2.05, 4.69) is 13.8 Å². The first-order valence-electron chi connectivity index (χ1n) is 8.26. The minimum atomic E-state index is -0.501. The summed E-state index contributed by atoms with van der Waals surface area (Å²) in [5, 5.41) is 0. The fourth-order valence-electron chi connectivity index (χ4n) is 2.36. The molecule has 0 radical (unpaired) electrons. The lowest BCUT2D eigenvalue weighted by Crippen LogP contribution is -1.95. The monoisotopic (exact) mass is 216 g/mol. The zero-order valence-electron chi connectivity index (χ0n) is 14.8. The smallest absolute Gasteiger partial charge is 0.0575 e. The molecule has 2 aliphatic rings. The van der Waals surface area contributed by atoms with Crippen LogP contribution in [0, 0.1) is 29.6 Å². The molecule has 0 heterocycles. The van der Waals surface area contributed by atoms with Crippen LogP contribution in [0.5, 0.6) is 0 Å². The number of rotatable bonds is 0. The third-order valence-electron chi connectivity index (χ3n) is 3.33. The largest absolute Gasteiger partial charge is 0.0854 e. The van der Waals surface area contributed by atoms with Crippen LogP contribution in [0.25, 0.3) is 0 Å². The van der Waals surface area contributed by atoms with E-state index in [1.54, 1.807) is 0 Å². The predicted octanol–water partition coefficient (Wildman–Crippen LogP) is 4.91. The van der Waals surface area contributed by atoms with Gasteiger partial charge in [-0.05, 0) is 48.8 Å². The van der Waals surface area contributed by atoms with Gasteiger partial charge in [-0.1, -0.05) is 46.7 Å². The topological polar surface area (TPSA) is 0 Å². The van der Waals surface area contributed by atoms with Crippen molar-refractivity contribution in [2.24, 2.45) is 29.6 Å². The Hall–Kier alpha value is -0.260. The summed E-state index contributed by atoms with van der Waals surface area (Å²) in [6, 6.07) is 1.09. The van der Waals surface area contributed by atoms with Gasteiger partial charge in [-0.25, -0.2) is 0 Å². The highest BCUT2D eigenvalue weighted by atomic mass is 14.3. The second kappa shape index (κ2) is 5.72. The molecule has 2 rings (SSSR count). The average Bonchev–Trinajstić information content (AvgIpc) is 2.64.